The van der Waals surface area contributed by atoms with Gasteiger partial charge in [0, 0.05) is 12.1 Å². The van der Waals surface area contributed by atoms with Gasteiger partial charge in [-0.15, -0.1) is 0 Å². The Morgan fingerprint density at radius 1 is 0.857 bits per heavy atom. The highest BCUT2D eigenvalue weighted by molar-refractivity contribution is 5.18. The first-order valence-electron chi connectivity index (χ1n) is 9.15. The first kappa shape index (κ1) is 15.1. The molecule has 0 saturated heterocycles. The van der Waals surface area contributed by atoms with Crippen molar-refractivity contribution in [3.63, 3.8) is 0 Å². The van der Waals surface area contributed by atoms with Gasteiger partial charge in [-0.05, 0) is 37.2 Å². The van der Waals surface area contributed by atoms with Gasteiger partial charge in [-0.2, -0.15) is 0 Å². The molecule has 2 fully saturated rings. The van der Waals surface area contributed by atoms with E-state index < -0.39 is 0 Å². The third kappa shape index (κ3) is 3.88. The third-order valence-electron chi connectivity index (χ3n) is 5.84. The molecule has 21 heavy (non-hydrogen) atoms. The molecule has 0 aromatic heterocycles. The maximum atomic E-state index is 3.98. The van der Waals surface area contributed by atoms with Gasteiger partial charge in [0.1, 0.15) is 0 Å². The van der Waals surface area contributed by atoms with Crippen molar-refractivity contribution in [3.8, 4) is 0 Å². The lowest BCUT2D eigenvalue weighted by Crippen LogP contribution is -2.43. The van der Waals surface area contributed by atoms with Crippen molar-refractivity contribution in [2.24, 2.45) is 11.8 Å². The summed E-state index contributed by atoms with van der Waals surface area (Å²) in [6.07, 6.45) is 13.1. The molecule has 0 aliphatic heterocycles. The van der Waals surface area contributed by atoms with E-state index in [9.17, 15) is 0 Å². The van der Waals surface area contributed by atoms with Crippen LogP contribution in [0, 0.1) is 11.8 Å². The molecule has 1 aromatic rings. The summed E-state index contributed by atoms with van der Waals surface area (Å²) >= 11 is 0. The lowest BCUT2D eigenvalue weighted by atomic mass is 9.70. The zero-order chi connectivity index (χ0) is 14.5. The highest BCUT2D eigenvalue weighted by atomic mass is 15.0. The summed E-state index contributed by atoms with van der Waals surface area (Å²) in [5.74, 6) is 1.93. The third-order valence-corrected chi connectivity index (χ3v) is 5.84. The quantitative estimate of drug-likeness (QED) is 0.772. The minimum absolute atomic E-state index is 0.486. The molecule has 116 valence electrons. The SMILES string of the molecule is CC(NC1CCCCC1C1CCCCC1)c1ccccc1. The molecule has 0 spiro atoms. The molecule has 3 rings (SSSR count). The number of hydrogen-bond acceptors (Lipinski definition) is 1. The van der Waals surface area contributed by atoms with Gasteiger partial charge in [0.05, 0.1) is 0 Å². The van der Waals surface area contributed by atoms with Crippen LogP contribution < -0.4 is 5.32 Å². The van der Waals surface area contributed by atoms with Crippen LogP contribution in [0.4, 0.5) is 0 Å². The summed E-state index contributed by atoms with van der Waals surface area (Å²) in [6, 6.07) is 12.2. The Morgan fingerprint density at radius 3 is 2.29 bits per heavy atom. The Kier molecular flexibility index (Phi) is 5.35. The van der Waals surface area contributed by atoms with Crippen LogP contribution >= 0.6 is 0 Å². The second kappa shape index (κ2) is 7.45. The summed E-state index contributed by atoms with van der Waals surface area (Å²) in [5.41, 5.74) is 1.44. The zero-order valence-corrected chi connectivity index (χ0v) is 13.6. The maximum absolute atomic E-state index is 3.98. The molecule has 0 amide bonds. The predicted octanol–water partition coefficient (Wildman–Crippen LogP) is 5.48. The number of rotatable bonds is 4. The Morgan fingerprint density at radius 2 is 1.52 bits per heavy atom. The zero-order valence-electron chi connectivity index (χ0n) is 13.6. The van der Waals surface area contributed by atoms with Crippen LogP contribution in [0.2, 0.25) is 0 Å². The summed E-state index contributed by atoms with van der Waals surface area (Å²) in [7, 11) is 0. The smallest absolute Gasteiger partial charge is 0.0294 e. The number of hydrogen-bond donors (Lipinski definition) is 1. The van der Waals surface area contributed by atoms with E-state index in [0.717, 1.165) is 17.9 Å². The van der Waals surface area contributed by atoms with Crippen molar-refractivity contribution < 1.29 is 0 Å². The van der Waals surface area contributed by atoms with E-state index in [1.165, 1.54) is 63.4 Å². The highest BCUT2D eigenvalue weighted by Crippen LogP contribution is 2.39. The van der Waals surface area contributed by atoms with Gasteiger partial charge < -0.3 is 5.32 Å². The van der Waals surface area contributed by atoms with Crippen LogP contribution in [0.5, 0.6) is 0 Å². The molecular weight excluding hydrogens is 254 g/mol. The van der Waals surface area contributed by atoms with Crippen LogP contribution in [0.15, 0.2) is 30.3 Å². The Hall–Kier alpha value is -0.820. The number of nitrogens with one attached hydrogen (secondary N) is 1. The van der Waals surface area contributed by atoms with Gasteiger partial charge in [0.15, 0.2) is 0 Å². The van der Waals surface area contributed by atoms with Crippen LogP contribution in [-0.2, 0) is 0 Å². The standard InChI is InChI=1S/C20H31N/c1-16(17-10-4-2-5-11-17)21-20-15-9-8-14-19(20)18-12-6-3-7-13-18/h2,4-5,10-11,16,18-21H,3,6-9,12-15H2,1H3. The van der Waals surface area contributed by atoms with Gasteiger partial charge in [-0.25, -0.2) is 0 Å². The Balaban J connectivity index is 1.63. The summed E-state index contributed by atoms with van der Waals surface area (Å²) in [6.45, 7) is 2.34. The molecular formula is C20H31N. The van der Waals surface area contributed by atoms with Gasteiger partial charge in [-0.1, -0.05) is 75.3 Å². The van der Waals surface area contributed by atoms with E-state index >= 15 is 0 Å². The van der Waals surface area contributed by atoms with Crippen molar-refractivity contribution in [1.82, 2.24) is 5.32 Å². The Bertz CT molecular complexity index is 407. The molecule has 1 heteroatoms. The molecule has 2 saturated carbocycles. The van der Waals surface area contributed by atoms with Crippen LogP contribution in [0.25, 0.3) is 0 Å². The predicted molar refractivity (Wildman–Crippen MR) is 90.3 cm³/mol. The largest absolute Gasteiger partial charge is 0.307 e. The topological polar surface area (TPSA) is 12.0 Å². The summed E-state index contributed by atoms with van der Waals surface area (Å²) in [5, 5.41) is 3.98. The highest BCUT2D eigenvalue weighted by Gasteiger charge is 2.32. The number of benzene rings is 1. The first-order chi connectivity index (χ1) is 10.3. The van der Waals surface area contributed by atoms with Crippen molar-refractivity contribution >= 4 is 0 Å². The molecule has 1 N–H and O–H groups in total. The second-order valence-electron chi connectivity index (χ2n) is 7.25. The molecule has 0 radical (unpaired) electrons. The van der Waals surface area contributed by atoms with Crippen LogP contribution in [0.1, 0.15) is 76.3 Å². The normalized spacial score (nSPS) is 29.2. The molecule has 0 heterocycles. The fourth-order valence-electron chi connectivity index (χ4n) is 4.65. The van der Waals surface area contributed by atoms with Gasteiger partial charge >= 0.3 is 0 Å². The Labute approximate surface area is 130 Å². The van der Waals surface area contributed by atoms with Crippen molar-refractivity contribution in [2.45, 2.75) is 76.8 Å². The van der Waals surface area contributed by atoms with E-state index in [4.69, 9.17) is 0 Å². The van der Waals surface area contributed by atoms with Crippen LogP contribution in [0.3, 0.4) is 0 Å². The molecule has 2 aliphatic rings. The fourth-order valence-corrected chi connectivity index (χ4v) is 4.65. The molecule has 1 aromatic carbocycles. The van der Waals surface area contributed by atoms with Gasteiger partial charge in [0.2, 0.25) is 0 Å². The average molecular weight is 285 g/mol. The van der Waals surface area contributed by atoms with Crippen LogP contribution in [-0.4, -0.2) is 6.04 Å². The molecule has 3 atom stereocenters. The molecule has 3 unspecified atom stereocenters. The van der Waals surface area contributed by atoms with Crippen molar-refractivity contribution in [2.75, 3.05) is 0 Å². The second-order valence-corrected chi connectivity index (χ2v) is 7.25. The van der Waals surface area contributed by atoms with E-state index in [2.05, 4.69) is 42.6 Å². The van der Waals surface area contributed by atoms with E-state index in [0.29, 0.717) is 6.04 Å². The van der Waals surface area contributed by atoms with E-state index in [-0.39, 0.29) is 0 Å². The van der Waals surface area contributed by atoms with Crippen molar-refractivity contribution in [1.29, 1.82) is 0 Å². The lowest BCUT2D eigenvalue weighted by molar-refractivity contribution is 0.143. The van der Waals surface area contributed by atoms with Crippen molar-refractivity contribution in [3.05, 3.63) is 35.9 Å². The molecule has 2 aliphatic carbocycles. The van der Waals surface area contributed by atoms with E-state index in [1.54, 1.807) is 0 Å². The van der Waals surface area contributed by atoms with E-state index in [1.807, 2.05) is 0 Å². The summed E-state index contributed by atoms with van der Waals surface area (Å²) < 4.78 is 0. The molecule has 1 nitrogen and oxygen atoms in total. The van der Waals surface area contributed by atoms with Gasteiger partial charge in [0.25, 0.3) is 0 Å². The molecule has 0 bridgehead atoms. The lowest BCUT2D eigenvalue weighted by Gasteiger charge is -2.40. The monoisotopic (exact) mass is 285 g/mol. The average Bonchev–Trinajstić information content (AvgIpc) is 2.57. The summed E-state index contributed by atoms with van der Waals surface area (Å²) in [4.78, 5) is 0. The first-order valence-corrected chi connectivity index (χ1v) is 9.15. The van der Waals surface area contributed by atoms with Gasteiger partial charge in [-0.3, -0.25) is 0 Å². The minimum atomic E-state index is 0.486. The maximum Gasteiger partial charge on any atom is 0.0294 e. The fraction of sp³-hybridized carbons (Fsp3) is 0.700. The minimum Gasteiger partial charge on any atom is -0.307 e.